The number of fused-ring (bicyclic) bond motifs is 1. The first-order chi connectivity index (χ1) is 7.92. The lowest BCUT2D eigenvalue weighted by Crippen LogP contribution is -2.30. The molecule has 1 unspecified atom stereocenters. The average molecular weight is 217 g/mol. The largest absolute Gasteiger partial charge is 0.316 e. The Morgan fingerprint density at radius 2 is 2.38 bits per heavy atom. The van der Waals surface area contributed by atoms with Crippen LogP contribution in [0.2, 0.25) is 0 Å². The van der Waals surface area contributed by atoms with Crippen molar-refractivity contribution in [2.24, 2.45) is 5.92 Å². The van der Waals surface area contributed by atoms with Crippen LogP contribution in [0.3, 0.4) is 0 Å². The number of aromatic amines is 1. The monoisotopic (exact) mass is 217 g/mol. The van der Waals surface area contributed by atoms with E-state index in [4.69, 9.17) is 0 Å². The maximum Gasteiger partial charge on any atom is 0.201 e. The molecule has 1 saturated heterocycles. The van der Waals surface area contributed by atoms with Crippen molar-refractivity contribution in [2.75, 3.05) is 13.1 Å². The first-order valence-electron chi connectivity index (χ1n) is 5.78. The molecule has 0 aliphatic carbocycles. The van der Waals surface area contributed by atoms with Gasteiger partial charge < -0.3 is 5.32 Å². The summed E-state index contributed by atoms with van der Waals surface area (Å²) in [6.45, 7) is 2.29. The van der Waals surface area contributed by atoms with E-state index in [2.05, 4.69) is 31.8 Å². The Balaban J connectivity index is 1.77. The molecule has 1 fully saturated rings. The third-order valence-electron chi connectivity index (χ3n) is 3.15. The molecular weight excluding hydrogens is 202 g/mol. The second kappa shape index (κ2) is 4.17. The SMILES string of the molecule is c1nc2n[nH]nc2cc1CC1CCCNC1. The van der Waals surface area contributed by atoms with Crippen molar-refractivity contribution in [3.63, 3.8) is 0 Å². The van der Waals surface area contributed by atoms with Gasteiger partial charge in [0.25, 0.3) is 0 Å². The molecule has 0 aromatic carbocycles. The molecule has 84 valence electrons. The molecule has 0 bridgehead atoms. The highest BCUT2D eigenvalue weighted by molar-refractivity contribution is 5.68. The van der Waals surface area contributed by atoms with E-state index in [1.807, 2.05) is 6.20 Å². The molecule has 0 saturated carbocycles. The van der Waals surface area contributed by atoms with Gasteiger partial charge in [-0.05, 0) is 49.9 Å². The zero-order chi connectivity index (χ0) is 10.8. The first kappa shape index (κ1) is 9.72. The molecule has 5 nitrogen and oxygen atoms in total. The Morgan fingerprint density at radius 1 is 1.38 bits per heavy atom. The van der Waals surface area contributed by atoms with E-state index in [1.165, 1.54) is 18.4 Å². The van der Waals surface area contributed by atoms with Crippen LogP contribution in [0.5, 0.6) is 0 Å². The van der Waals surface area contributed by atoms with Crippen molar-refractivity contribution in [1.29, 1.82) is 0 Å². The number of pyridine rings is 1. The number of piperidine rings is 1. The van der Waals surface area contributed by atoms with Gasteiger partial charge in [0.05, 0.1) is 0 Å². The Kier molecular flexibility index (Phi) is 2.53. The van der Waals surface area contributed by atoms with E-state index < -0.39 is 0 Å². The van der Waals surface area contributed by atoms with Crippen LogP contribution in [-0.4, -0.2) is 33.5 Å². The van der Waals surface area contributed by atoms with Crippen LogP contribution in [0.4, 0.5) is 0 Å². The van der Waals surface area contributed by atoms with Crippen molar-refractivity contribution >= 4 is 11.2 Å². The minimum Gasteiger partial charge on any atom is -0.316 e. The van der Waals surface area contributed by atoms with Crippen LogP contribution >= 0.6 is 0 Å². The molecule has 2 aromatic rings. The van der Waals surface area contributed by atoms with Gasteiger partial charge in [-0.25, -0.2) is 4.98 Å². The Bertz CT molecular complexity index is 472. The summed E-state index contributed by atoms with van der Waals surface area (Å²) in [7, 11) is 0. The Hall–Kier alpha value is -1.49. The summed E-state index contributed by atoms with van der Waals surface area (Å²) in [5.74, 6) is 0.736. The van der Waals surface area contributed by atoms with Crippen LogP contribution in [0.15, 0.2) is 12.3 Å². The molecule has 5 heteroatoms. The third kappa shape index (κ3) is 1.90. The van der Waals surface area contributed by atoms with Gasteiger partial charge in [-0.1, -0.05) is 0 Å². The van der Waals surface area contributed by atoms with Gasteiger partial charge in [-0.3, -0.25) is 0 Å². The van der Waals surface area contributed by atoms with Crippen LogP contribution < -0.4 is 5.32 Å². The second-order valence-corrected chi connectivity index (χ2v) is 4.43. The zero-order valence-electron chi connectivity index (χ0n) is 9.11. The molecular formula is C11H15N5. The van der Waals surface area contributed by atoms with Gasteiger partial charge in [-0.2, -0.15) is 10.3 Å². The first-order valence-corrected chi connectivity index (χ1v) is 5.78. The number of hydrogen-bond donors (Lipinski definition) is 2. The van der Waals surface area contributed by atoms with E-state index in [0.29, 0.717) is 5.65 Å². The van der Waals surface area contributed by atoms with Crippen molar-refractivity contribution in [1.82, 2.24) is 25.7 Å². The van der Waals surface area contributed by atoms with E-state index in [9.17, 15) is 0 Å². The molecule has 16 heavy (non-hydrogen) atoms. The topological polar surface area (TPSA) is 66.5 Å². The summed E-state index contributed by atoms with van der Waals surface area (Å²) >= 11 is 0. The third-order valence-corrected chi connectivity index (χ3v) is 3.15. The molecule has 3 rings (SSSR count). The van der Waals surface area contributed by atoms with Crippen LogP contribution in [-0.2, 0) is 6.42 Å². The van der Waals surface area contributed by atoms with Crippen LogP contribution in [0.1, 0.15) is 18.4 Å². The number of hydrogen-bond acceptors (Lipinski definition) is 4. The number of H-pyrrole nitrogens is 1. The van der Waals surface area contributed by atoms with Gasteiger partial charge in [0, 0.05) is 6.20 Å². The van der Waals surface area contributed by atoms with Gasteiger partial charge in [0.2, 0.25) is 5.65 Å². The molecule has 2 aromatic heterocycles. The predicted molar refractivity (Wildman–Crippen MR) is 61.0 cm³/mol. The molecule has 1 aliphatic heterocycles. The van der Waals surface area contributed by atoms with Crippen LogP contribution in [0.25, 0.3) is 11.2 Å². The van der Waals surface area contributed by atoms with Crippen molar-refractivity contribution in [2.45, 2.75) is 19.3 Å². The van der Waals surface area contributed by atoms with Crippen molar-refractivity contribution < 1.29 is 0 Å². The van der Waals surface area contributed by atoms with Crippen LogP contribution in [0, 0.1) is 5.92 Å². The fourth-order valence-electron chi connectivity index (χ4n) is 2.33. The summed E-state index contributed by atoms with van der Waals surface area (Å²) in [5, 5.41) is 14.0. The maximum absolute atomic E-state index is 4.28. The minimum absolute atomic E-state index is 0.700. The Morgan fingerprint density at radius 3 is 3.25 bits per heavy atom. The zero-order valence-corrected chi connectivity index (χ0v) is 9.11. The van der Waals surface area contributed by atoms with Gasteiger partial charge in [0.15, 0.2) is 0 Å². The Labute approximate surface area is 93.7 Å². The lowest BCUT2D eigenvalue weighted by atomic mass is 9.93. The highest BCUT2D eigenvalue weighted by Crippen LogP contribution is 2.17. The molecule has 0 radical (unpaired) electrons. The number of nitrogens with one attached hydrogen (secondary N) is 2. The molecule has 1 atom stereocenters. The molecule has 3 heterocycles. The molecule has 2 N–H and O–H groups in total. The summed E-state index contributed by atoms with van der Waals surface area (Å²) in [6, 6.07) is 2.08. The quantitative estimate of drug-likeness (QED) is 0.784. The minimum atomic E-state index is 0.700. The predicted octanol–water partition coefficient (Wildman–Crippen LogP) is 0.895. The number of aromatic nitrogens is 4. The summed E-state index contributed by atoms with van der Waals surface area (Å²) < 4.78 is 0. The van der Waals surface area contributed by atoms with Crippen molar-refractivity contribution in [3.8, 4) is 0 Å². The second-order valence-electron chi connectivity index (χ2n) is 4.43. The van der Waals surface area contributed by atoms with Gasteiger partial charge in [0.1, 0.15) is 5.52 Å². The summed E-state index contributed by atoms with van der Waals surface area (Å²) in [4.78, 5) is 4.28. The molecule has 0 amide bonds. The lowest BCUT2D eigenvalue weighted by molar-refractivity contribution is 0.376. The smallest absolute Gasteiger partial charge is 0.201 e. The number of rotatable bonds is 2. The van der Waals surface area contributed by atoms with Gasteiger partial charge in [-0.15, -0.1) is 5.10 Å². The van der Waals surface area contributed by atoms with Crippen molar-refractivity contribution in [3.05, 3.63) is 17.8 Å². The standard InChI is InChI=1S/C11H15N5/c1-2-8(6-12-3-1)4-9-5-10-11(13-7-9)15-16-14-10/h5,7-8,12H,1-4,6H2,(H,13,14,15,16). The fourth-order valence-corrected chi connectivity index (χ4v) is 2.33. The van der Waals surface area contributed by atoms with E-state index in [-0.39, 0.29) is 0 Å². The fraction of sp³-hybridized carbons (Fsp3) is 0.545. The number of nitrogens with zero attached hydrogens (tertiary/aromatic N) is 3. The van der Waals surface area contributed by atoms with E-state index >= 15 is 0 Å². The summed E-state index contributed by atoms with van der Waals surface area (Å²) in [6.07, 6.45) is 5.59. The normalized spacial score (nSPS) is 21.4. The highest BCUT2D eigenvalue weighted by atomic mass is 15.3. The molecule has 0 spiro atoms. The van der Waals surface area contributed by atoms with Gasteiger partial charge >= 0.3 is 0 Å². The maximum atomic E-state index is 4.28. The highest BCUT2D eigenvalue weighted by Gasteiger charge is 2.14. The molecule has 1 aliphatic rings. The summed E-state index contributed by atoms with van der Waals surface area (Å²) in [5.41, 5.74) is 2.82. The average Bonchev–Trinajstić information content (AvgIpc) is 2.77. The lowest BCUT2D eigenvalue weighted by Gasteiger charge is -2.22. The van der Waals surface area contributed by atoms with E-state index in [0.717, 1.165) is 30.9 Å². The van der Waals surface area contributed by atoms with E-state index in [1.54, 1.807) is 0 Å².